The van der Waals surface area contributed by atoms with Crippen LogP contribution in [0.3, 0.4) is 0 Å². The van der Waals surface area contributed by atoms with Gasteiger partial charge in [-0.1, -0.05) is 12.8 Å². The maximum absolute atomic E-state index is 11.3. The summed E-state index contributed by atoms with van der Waals surface area (Å²) in [6.45, 7) is 0. The molecule has 0 bridgehead atoms. The van der Waals surface area contributed by atoms with Crippen LogP contribution in [0.15, 0.2) is 0 Å². The SMILES string of the molecule is C#CC1CCCC2CCC(=O)CC12. The molecule has 0 aromatic rings. The molecule has 0 heterocycles. The fraction of sp³-hybridized carbons (Fsp3) is 0.750. The van der Waals surface area contributed by atoms with Crippen LogP contribution < -0.4 is 0 Å². The Kier molecular flexibility index (Phi) is 2.40. The second-order valence-corrected chi connectivity index (χ2v) is 4.41. The third kappa shape index (κ3) is 1.63. The molecular formula is C12H16O. The van der Waals surface area contributed by atoms with Gasteiger partial charge in [0, 0.05) is 18.8 Å². The lowest BCUT2D eigenvalue weighted by Crippen LogP contribution is -2.33. The van der Waals surface area contributed by atoms with Crippen molar-refractivity contribution in [3.05, 3.63) is 0 Å². The van der Waals surface area contributed by atoms with Gasteiger partial charge in [0.15, 0.2) is 0 Å². The molecule has 2 aliphatic carbocycles. The van der Waals surface area contributed by atoms with E-state index in [4.69, 9.17) is 6.42 Å². The molecule has 13 heavy (non-hydrogen) atoms. The van der Waals surface area contributed by atoms with Gasteiger partial charge in [-0.3, -0.25) is 4.79 Å². The summed E-state index contributed by atoms with van der Waals surface area (Å²) in [7, 11) is 0. The molecule has 0 aromatic heterocycles. The first-order valence-corrected chi connectivity index (χ1v) is 5.29. The number of rotatable bonds is 0. The largest absolute Gasteiger partial charge is 0.300 e. The molecule has 3 unspecified atom stereocenters. The van der Waals surface area contributed by atoms with Crippen LogP contribution in [0.25, 0.3) is 0 Å². The Morgan fingerprint density at radius 2 is 2.15 bits per heavy atom. The third-order valence-corrected chi connectivity index (χ3v) is 3.68. The zero-order chi connectivity index (χ0) is 9.26. The molecule has 0 spiro atoms. The van der Waals surface area contributed by atoms with Gasteiger partial charge in [0.05, 0.1) is 0 Å². The smallest absolute Gasteiger partial charge is 0.133 e. The van der Waals surface area contributed by atoms with Gasteiger partial charge < -0.3 is 0 Å². The van der Waals surface area contributed by atoms with E-state index in [1.807, 2.05) is 0 Å². The third-order valence-electron chi connectivity index (χ3n) is 3.68. The minimum absolute atomic E-state index is 0.392. The average Bonchev–Trinajstić information content (AvgIpc) is 2.17. The van der Waals surface area contributed by atoms with Crippen LogP contribution in [0.2, 0.25) is 0 Å². The zero-order valence-corrected chi connectivity index (χ0v) is 7.96. The zero-order valence-electron chi connectivity index (χ0n) is 7.96. The van der Waals surface area contributed by atoms with Crippen molar-refractivity contribution < 1.29 is 4.79 Å². The highest BCUT2D eigenvalue weighted by Gasteiger charge is 2.36. The molecule has 1 heteroatoms. The van der Waals surface area contributed by atoms with Gasteiger partial charge in [0.2, 0.25) is 0 Å². The van der Waals surface area contributed by atoms with E-state index < -0.39 is 0 Å². The minimum atomic E-state index is 0.392. The molecule has 0 aliphatic heterocycles. The summed E-state index contributed by atoms with van der Waals surface area (Å²) in [5, 5.41) is 0. The predicted octanol–water partition coefficient (Wildman–Crippen LogP) is 2.41. The van der Waals surface area contributed by atoms with Crippen molar-refractivity contribution >= 4 is 5.78 Å². The van der Waals surface area contributed by atoms with Gasteiger partial charge in [0.1, 0.15) is 5.78 Å². The number of Topliss-reactive ketones (excluding diaryl/α,β-unsaturated/α-hetero) is 1. The van der Waals surface area contributed by atoms with E-state index in [-0.39, 0.29) is 0 Å². The first kappa shape index (κ1) is 8.81. The molecule has 70 valence electrons. The van der Waals surface area contributed by atoms with Gasteiger partial charge in [-0.25, -0.2) is 0 Å². The lowest BCUT2D eigenvalue weighted by molar-refractivity contribution is -0.123. The quantitative estimate of drug-likeness (QED) is 0.518. The molecule has 2 rings (SSSR count). The van der Waals surface area contributed by atoms with Crippen LogP contribution in [-0.4, -0.2) is 5.78 Å². The van der Waals surface area contributed by atoms with Crippen LogP contribution in [0.4, 0.5) is 0 Å². The van der Waals surface area contributed by atoms with Crippen molar-refractivity contribution in [3.8, 4) is 12.3 Å². The van der Waals surface area contributed by atoms with Gasteiger partial charge in [-0.15, -0.1) is 12.3 Å². The Morgan fingerprint density at radius 1 is 1.31 bits per heavy atom. The molecule has 0 saturated heterocycles. The van der Waals surface area contributed by atoms with E-state index in [0.29, 0.717) is 17.6 Å². The highest BCUT2D eigenvalue weighted by molar-refractivity contribution is 5.79. The lowest BCUT2D eigenvalue weighted by atomic mass is 9.65. The van der Waals surface area contributed by atoms with Gasteiger partial charge >= 0.3 is 0 Å². The molecule has 2 saturated carbocycles. The number of fused-ring (bicyclic) bond motifs is 1. The van der Waals surface area contributed by atoms with Crippen LogP contribution in [0.1, 0.15) is 38.5 Å². The van der Waals surface area contributed by atoms with Crippen LogP contribution in [0.5, 0.6) is 0 Å². The number of carbonyl (C=O) groups excluding carboxylic acids is 1. The topological polar surface area (TPSA) is 17.1 Å². The number of ketones is 1. The normalized spacial score (nSPS) is 39.3. The monoisotopic (exact) mass is 176 g/mol. The highest BCUT2D eigenvalue weighted by Crippen LogP contribution is 2.42. The van der Waals surface area contributed by atoms with E-state index in [1.165, 1.54) is 12.8 Å². The first-order chi connectivity index (χ1) is 6.31. The molecule has 0 aromatic carbocycles. The van der Waals surface area contributed by atoms with Gasteiger partial charge in [-0.2, -0.15) is 0 Å². The second kappa shape index (κ2) is 3.54. The Morgan fingerprint density at radius 3 is 2.92 bits per heavy atom. The molecule has 0 radical (unpaired) electrons. The van der Waals surface area contributed by atoms with E-state index in [1.54, 1.807) is 0 Å². The van der Waals surface area contributed by atoms with Gasteiger partial charge in [-0.05, 0) is 24.7 Å². The van der Waals surface area contributed by atoms with E-state index >= 15 is 0 Å². The first-order valence-electron chi connectivity index (χ1n) is 5.29. The molecule has 0 amide bonds. The summed E-state index contributed by atoms with van der Waals surface area (Å²) in [5.41, 5.74) is 0. The van der Waals surface area contributed by atoms with Crippen LogP contribution in [-0.2, 0) is 4.79 Å². The molecule has 2 aliphatic rings. The maximum atomic E-state index is 11.3. The van der Waals surface area contributed by atoms with E-state index in [0.717, 1.165) is 31.6 Å². The summed E-state index contributed by atoms with van der Waals surface area (Å²) in [6.07, 6.45) is 11.9. The van der Waals surface area contributed by atoms with E-state index in [2.05, 4.69) is 5.92 Å². The standard InChI is InChI=1S/C12H16O/c1-2-9-4-3-5-10-6-7-11(13)8-12(9)10/h1,9-10,12H,3-8H2. The second-order valence-electron chi connectivity index (χ2n) is 4.41. The molecular weight excluding hydrogens is 160 g/mol. The van der Waals surface area contributed by atoms with Crippen LogP contribution >= 0.6 is 0 Å². The Labute approximate surface area is 79.9 Å². The summed E-state index contributed by atoms with van der Waals surface area (Å²) >= 11 is 0. The number of hydrogen-bond acceptors (Lipinski definition) is 1. The summed E-state index contributed by atoms with van der Waals surface area (Å²) < 4.78 is 0. The molecule has 2 fully saturated rings. The Hall–Kier alpha value is -0.770. The fourth-order valence-corrected chi connectivity index (χ4v) is 2.94. The predicted molar refractivity (Wildman–Crippen MR) is 52.0 cm³/mol. The van der Waals surface area contributed by atoms with E-state index in [9.17, 15) is 4.79 Å². The molecule has 3 atom stereocenters. The number of terminal acetylenes is 1. The number of carbonyl (C=O) groups is 1. The van der Waals surface area contributed by atoms with Crippen LogP contribution in [0, 0.1) is 30.1 Å². The number of hydrogen-bond donors (Lipinski definition) is 0. The van der Waals surface area contributed by atoms with Crippen molar-refractivity contribution in [2.75, 3.05) is 0 Å². The van der Waals surface area contributed by atoms with Crippen molar-refractivity contribution in [3.63, 3.8) is 0 Å². The average molecular weight is 176 g/mol. The molecule has 0 N–H and O–H groups in total. The van der Waals surface area contributed by atoms with Crippen molar-refractivity contribution in [2.45, 2.75) is 38.5 Å². The summed E-state index contributed by atoms with van der Waals surface area (Å²) in [6, 6.07) is 0. The Bertz CT molecular complexity index is 248. The summed E-state index contributed by atoms with van der Waals surface area (Å²) in [5.74, 6) is 4.98. The van der Waals surface area contributed by atoms with Crippen molar-refractivity contribution in [2.24, 2.45) is 17.8 Å². The fourth-order valence-electron chi connectivity index (χ4n) is 2.94. The maximum Gasteiger partial charge on any atom is 0.133 e. The Balaban J connectivity index is 2.10. The summed E-state index contributed by atoms with van der Waals surface area (Å²) in [4.78, 5) is 11.3. The van der Waals surface area contributed by atoms with Crippen molar-refractivity contribution in [1.29, 1.82) is 0 Å². The highest BCUT2D eigenvalue weighted by atomic mass is 16.1. The molecule has 1 nitrogen and oxygen atoms in total. The van der Waals surface area contributed by atoms with Gasteiger partial charge in [0.25, 0.3) is 0 Å². The van der Waals surface area contributed by atoms with Crippen molar-refractivity contribution in [1.82, 2.24) is 0 Å². The lowest BCUT2D eigenvalue weighted by Gasteiger charge is -2.38. The minimum Gasteiger partial charge on any atom is -0.300 e.